The van der Waals surface area contributed by atoms with E-state index in [0.29, 0.717) is 6.42 Å². The van der Waals surface area contributed by atoms with Crippen molar-refractivity contribution in [2.45, 2.75) is 19.4 Å². The number of carbonyl (C=O) groups is 1. The fraction of sp³-hybridized carbons (Fsp3) is 0.429. The average molecular weight is 168 g/mol. The van der Waals surface area contributed by atoms with Gasteiger partial charge in [-0.25, -0.2) is 10.8 Å². The maximum Gasteiger partial charge on any atom is 0.233 e. The third kappa shape index (κ3) is 2.71. The second kappa shape index (κ2) is 4.50. The fourth-order valence-corrected chi connectivity index (χ4v) is 0.913. The van der Waals surface area contributed by atoms with Crippen LogP contribution in [-0.4, -0.2) is 15.5 Å². The van der Waals surface area contributed by atoms with Crippen molar-refractivity contribution in [1.82, 2.24) is 15.0 Å². The number of amides is 1. The Balaban J connectivity index is 2.15. The largest absolute Gasteiger partial charge is 0.337 e. The van der Waals surface area contributed by atoms with Crippen LogP contribution in [0, 0.1) is 0 Å². The minimum Gasteiger partial charge on any atom is -0.337 e. The Bertz CT molecular complexity index is 232. The topological polar surface area (TPSA) is 72.9 Å². The summed E-state index contributed by atoms with van der Waals surface area (Å²) in [5, 5.41) is 0. The number of aryl methyl sites for hydroxylation is 1. The number of carbonyl (C=O) groups excluding carboxylic acids is 1. The van der Waals surface area contributed by atoms with Gasteiger partial charge in [-0.2, -0.15) is 0 Å². The first-order chi connectivity index (χ1) is 5.83. The van der Waals surface area contributed by atoms with Gasteiger partial charge < -0.3 is 4.57 Å². The summed E-state index contributed by atoms with van der Waals surface area (Å²) < 4.78 is 1.92. The summed E-state index contributed by atoms with van der Waals surface area (Å²) in [5.74, 6) is 4.78. The molecule has 0 unspecified atom stereocenters. The highest BCUT2D eigenvalue weighted by Crippen LogP contribution is 1.94. The lowest BCUT2D eigenvalue weighted by atomic mass is 10.3. The molecule has 1 rings (SSSR count). The molecule has 1 aromatic heterocycles. The molecule has 0 atom stereocenters. The Morgan fingerprint density at radius 3 is 3.08 bits per heavy atom. The predicted octanol–water partition coefficient (Wildman–Crippen LogP) is -0.347. The van der Waals surface area contributed by atoms with E-state index in [4.69, 9.17) is 5.84 Å². The number of hydrogen-bond donors (Lipinski definition) is 2. The van der Waals surface area contributed by atoms with Gasteiger partial charge in [0.05, 0.1) is 6.33 Å². The van der Waals surface area contributed by atoms with Crippen LogP contribution in [-0.2, 0) is 11.3 Å². The molecule has 0 radical (unpaired) electrons. The molecule has 0 aliphatic carbocycles. The van der Waals surface area contributed by atoms with Crippen molar-refractivity contribution >= 4 is 5.91 Å². The number of aromatic nitrogens is 2. The molecule has 12 heavy (non-hydrogen) atoms. The van der Waals surface area contributed by atoms with Crippen LogP contribution in [0.15, 0.2) is 18.7 Å². The smallest absolute Gasteiger partial charge is 0.233 e. The van der Waals surface area contributed by atoms with E-state index in [-0.39, 0.29) is 5.91 Å². The number of hydrazine groups is 1. The van der Waals surface area contributed by atoms with E-state index < -0.39 is 0 Å². The zero-order valence-electron chi connectivity index (χ0n) is 6.73. The fourth-order valence-electron chi connectivity index (χ4n) is 0.913. The highest BCUT2D eigenvalue weighted by atomic mass is 16.2. The Morgan fingerprint density at radius 1 is 1.67 bits per heavy atom. The number of nitrogens with two attached hydrogens (primary N) is 1. The van der Waals surface area contributed by atoms with Crippen molar-refractivity contribution < 1.29 is 4.79 Å². The number of imidazole rings is 1. The summed E-state index contributed by atoms with van der Waals surface area (Å²) in [6.07, 6.45) is 6.53. The van der Waals surface area contributed by atoms with Crippen LogP contribution in [0.2, 0.25) is 0 Å². The van der Waals surface area contributed by atoms with Crippen LogP contribution in [0.25, 0.3) is 0 Å². The zero-order valence-corrected chi connectivity index (χ0v) is 6.73. The van der Waals surface area contributed by atoms with Crippen LogP contribution < -0.4 is 11.3 Å². The molecular formula is C7H12N4O. The minimum absolute atomic E-state index is 0.130. The van der Waals surface area contributed by atoms with Crippen molar-refractivity contribution in [1.29, 1.82) is 0 Å². The van der Waals surface area contributed by atoms with Crippen molar-refractivity contribution in [3.63, 3.8) is 0 Å². The Morgan fingerprint density at radius 2 is 2.50 bits per heavy atom. The van der Waals surface area contributed by atoms with Gasteiger partial charge in [0.15, 0.2) is 0 Å². The van der Waals surface area contributed by atoms with Crippen molar-refractivity contribution in [3.8, 4) is 0 Å². The highest BCUT2D eigenvalue weighted by Gasteiger charge is 1.97. The lowest BCUT2D eigenvalue weighted by Gasteiger charge is -2.00. The molecular weight excluding hydrogens is 156 g/mol. The average Bonchev–Trinajstić information content (AvgIpc) is 2.57. The third-order valence-corrected chi connectivity index (χ3v) is 1.54. The van der Waals surface area contributed by atoms with Gasteiger partial charge in [0, 0.05) is 25.4 Å². The van der Waals surface area contributed by atoms with Crippen LogP contribution >= 0.6 is 0 Å². The van der Waals surface area contributed by atoms with Gasteiger partial charge in [-0.05, 0) is 6.42 Å². The second-order valence-corrected chi connectivity index (χ2v) is 2.47. The number of nitrogens with one attached hydrogen (secondary N) is 1. The molecule has 0 spiro atoms. The predicted molar refractivity (Wildman–Crippen MR) is 43.8 cm³/mol. The molecule has 0 aromatic carbocycles. The van der Waals surface area contributed by atoms with E-state index in [1.54, 1.807) is 12.5 Å². The molecule has 0 aliphatic rings. The summed E-state index contributed by atoms with van der Waals surface area (Å²) >= 11 is 0. The summed E-state index contributed by atoms with van der Waals surface area (Å²) in [7, 11) is 0. The van der Waals surface area contributed by atoms with Gasteiger partial charge in [0.1, 0.15) is 0 Å². The van der Waals surface area contributed by atoms with Gasteiger partial charge in [-0.3, -0.25) is 10.2 Å². The van der Waals surface area contributed by atoms with Crippen molar-refractivity contribution in [2.24, 2.45) is 5.84 Å². The Kier molecular flexibility index (Phi) is 3.28. The Labute approximate surface area is 70.6 Å². The monoisotopic (exact) mass is 168 g/mol. The van der Waals surface area contributed by atoms with Crippen LogP contribution in [0.3, 0.4) is 0 Å². The molecule has 0 bridgehead atoms. The van der Waals surface area contributed by atoms with Crippen LogP contribution in [0.4, 0.5) is 0 Å². The quantitative estimate of drug-likeness (QED) is 0.367. The lowest BCUT2D eigenvalue weighted by Crippen LogP contribution is -2.29. The second-order valence-electron chi connectivity index (χ2n) is 2.47. The van der Waals surface area contributed by atoms with E-state index in [9.17, 15) is 4.79 Å². The molecule has 1 amide bonds. The van der Waals surface area contributed by atoms with Gasteiger partial charge in [0.25, 0.3) is 0 Å². The van der Waals surface area contributed by atoms with Crippen molar-refractivity contribution in [3.05, 3.63) is 18.7 Å². The molecule has 5 heteroatoms. The zero-order chi connectivity index (χ0) is 8.81. The lowest BCUT2D eigenvalue weighted by molar-refractivity contribution is -0.121. The normalized spacial score (nSPS) is 9.75. The first kappa shape index (κ1) is 8.73. The summed E-state index contributed by atoms with van der Waals surface area (Å²) in [6, 6.07) is 0. The number of hydrogen-bond acceptors (Lipinski definition) is 3. The van der Waals surface area contributed by atoms with Gasteiger partial charge in [-0.1, -0.05) is 0 Å². The molecule has 1 heterocycles. The van der Waals surface area contributed by atoms with Gasteiger partial charge >= 0.3 is 0 Å². The standard InChI is InChI=1S/C7H12N4O/c8-10-7(12)2-1-4-11-5-3-9-6-11/h3,5-6H,1-2,4,8H2,(H,10,12). The van der Waals surface area contributed by atoms with Gasteiger partial charge in [0.2, 0.25) is 5.91 Å². The number of nitrogens with zero attached hydrogens (tertiary/aromatic N) is 2. The highest BCUT2D eigenvalue weighted by molar-refractivity contribution is 5.74. The third-order valence-electron chi connectivity index (χ3n) is 1.54. The SMILES string of the molecule is NNC(=O)CCCn1ccnc1. The first-order valence-electron chi connectivity index (χ1n) is 3.78. The molecule has 1 aromatic rings. The van der Waals surface area contributed by atoms with Crippen LogP contribution in [0.5, 0.6) is 0 Å². The van der Waals surface area contributed by atoms with E-state index in [1.807, 2.05) is 10.8 Å². The molecule has 66 valence electrons. The maximum absolute atomic E-state index is 10.7. The molecule has 5 nitrogen and oxygen atoms in total. The molecule has 0 fully saturated rings. The summed E-state index contributed by atoms with van der Waals surface area (Å²) in [6.45, 7) is 0.799. The van der Waals surface area contributed by atoms with Crippen molar-refractivity contribution in [2.75, 3.05) is 0 Å². The Hall–Kier alpha value is -1.36. The minimum atomic E-state index is -0.130. The molecule has 0 saturated carbocycles. The van der Waals surface area contributed by atoms with Crippen LogP contribution in [0.1, 0.15) is 12.8 Å². The first-order valence-corrected chi connectivity index (χ1v) is 3.78. The van der Waals surface area contributed by atoms with E-state index in [0.717, 1.165) is 13.0 Å². The van der Waals surface area contributed by atoms with E-state index in [1.165, 1.54) is 0 Å². The van der Waals surface area contributed by atoms with Gasteiger partial charge in [-0.15, -0.1) is 0 Å². The van der Waals surface area contributed by atoms with E-state index in [2.05, 4.69) is 10.4 Å². The molecule has 3 N–H and O–H groups in total. The maximum atomic E-state index is 10.7. The molecule has 0 aliphatic heterocycles. The van der Waals surface area contributed by atoms with E-state index >= 15 is 0 Å². The molecule has 0 saturated heterocycles. The summed E-state index contributed by atoms with van der Waals surface area (Å²) in [5.41, 5.74) is 2.08. The summed E-state index contributed by atoms with van der Waals surface area (Å²) in [4.78, 5) is 14.6. The number of rotatable bonds is 4.